The molecule has 0 unspecified atom stereocenters. The monoisotopic (exact) mass is 366 g/mol. The van der Waals surface area contributed by atoms with Crippen LogP contribution in [0.5, 0.6) is 0 Å². The fourth-order valence-electron chi connectivity index (χ4n) is 4.19. The predicted molar refractivity (Wildman–Crippen MR) is 105 cm³/mol. The number of nitrogens with one attached hydrogen (secondary N) is 2. The summed E-state index contributed by atoms with van der Waals surface area (Å²) in [6.07, 6.45) is 3.09. The molecule has 2 amide bonds. The number of urea groups is 1. The molecule has 2 aromatic rings. The Bertz CT molecular complexity index is 914. The van der Waals surface area contributed by atoms with Crippen LogP contribution in [-0.2, 0) is 12.8 Å². The second-order valence-electron chi connectivity index (χ2n) is 8.59. The molecule has 2 N–H and O–H groups in total. The molecule has 6 heteroatoms. The average Bonchev–Trinajstić information content (AvgIpc) is 2.89. The summed E-state index contributed by atoms with van der Waals surface area (Å²) < 4.78 is 0. The van der Waals surface area contributed by atoms with Crippen LogP contribution in [0.4, 0.5) is 4.79 Å². The first-order chi connectivity index (χ1) is 12.8. The van der Waals surface area contributed by atoms with Crippen LogP contribution in [0.1, 0.15) is 44.9 Å². The van der Waals surface area contributed by atoms with E-state index < -0.39 is 0 Å². The lowest BCUT2D eigenvalue weighted by molar-refractivity contribution is 0.165. The zero-order valence-corrected chi connectivity index (χ0v) is 16.1. The highest BCUT2D eigenvalue weighted by Crippen LogP contribution is 2.33. The Hall–Kier alpha value is -2.63. The topological polar surface area (TPSA) is 78.1 Å². The maximum Gasteiger partial charge on any atom is 0.318 e. The van der Waals surface area contributed by atoms with Gasteiger partial charge >= 0.3 is 6.03 Å². The van der Waals surface area contributed by atoms with Crippen molar-refractivity contribution in [3.05, 3.63) is 51.9 Å². The van der Waals surface area contributed by atoms with Crippen molar-refractivity contribution in [2.45, 2.75) is 64.1 Å². The zero-order valence-electron chi connectivity index (χ0n) is 16.1. The molecular formula is C21H26N4O2. The number of hydrogen-bond acceptors (Lipinski definition) is 3. The standard InChI is InChI=1S/C21H26N4O2/c1-21(2,3)24-20(27)25-14-9-10-15(25)12-17-16(11-14)19(26)23-18(22-17)13-7-5-4-6-8-13/h4-8,14-15H,9-12H2,1-3H3,(H,24,27)(H,22,23,26)/t14-,15+/m1/s1. The van der Waals surface area contributed by atoms with Gasteiger partial charge in [0.05, 0.1) is 5.69 Å². The van der Waals surface area contributed by atoms with Crippen molar-refractivity contribution in [2.24, 2.45) is 0 Å². The first-order valence-corrected chi connectivity index (χ1v) is 9.60. The van der Waals surface area contributed by atoms with Gasteiger partial charge in [-0.25, -0.2) is 9.78 Å². The molecule has 1 aromatic heterocycles. The Balaban J connectivity index is 1.68. The van der Waals surface area contributed by atoms with Gasteiger partial charge in [0.25, 0.3) is 5.56 Å². The maximum absolute atomic E-state index is 12.9. The van der Waals surface area contributed by atoms with Crippen LogP contribution in [-0.4, -0.2) is 38.5 Å². The van der Waals surface area contributed by atoms with Crippen LogP contribution in [0.2, 0.25) is 0 Å². The van der Waals surface area contributed by atoms with E-state index in [2.05, 4.69) is 10.3 Å². The minimum absolute atomic E-state index is 0.0393. The molecule has 2 bridgehead atoms. The van der Waals surface area contributed by atoms with Gasteiger partial charge in [-0.15, -0.1) is 0 Å². The molecular weight excluding hydrogens is 340 g/mol. The molecule has 0 spiro atoms. The summed E-state index contributed by atoms with van der Waals surface area (Å²) in [6.45, 7) is 5.95. The fraction of sp³-hybridized carbons (Fsp3) is 0.476. The van der Waals surface area contributed by atoms with Crippen molar-refractivity contribution in [3.8, 4) is 11.4 Å². The van der Waals surface area contributed by atoms with E-state index in [9.17, 15) is 9.59 Å². The highest BCUT2D eigenvalue weighted by atomic mass is 16.2. The maximum atomic E-state index is 12.9. The van der Waals surface area contributed by atoms with Gasteiger partial charge in [-0.3, -0.25) is 4.79 Å². The largest absolute Gasteiger partial charge is 0.333 e. The molecule has 2 aliphatic rings. The van der Waals surface area contributed by atoms with E-state index in [1.54, 1.807) is 0 Å². The van der Waals surface area contributed by atoms with Crippen LogP contribution in [0, 0.1) is 0 Å². The molecule has 1 saturated heterocycles. The van der Waals surface area contributed by atoms with Gasteiger partial charge in [0, 0.05) is 41.6 Å². The molecule has 4 rings (SSSR count). The van der Waals surface area contributed by atoms with Gasteiger partial charge in [0.2, 0.25) is 0 Å². The Morgan fingerprint density at radius 2 is 1.81 bits per heavy atom. The number of rotatable bonds is 1. The third-order valence-electron chi connectivity index (χ3n) is 5.35. The molecule has 1 aromatic carbocycles. The zero-order chi connectivity index (χ0) is 19.2. The van der Waals surface area contributed by atoms with Crippen molar-refractivity contribution in [1.29, 1.82) is 0 Å². The van der Waals surface area contributed by atoms with Crippen molar-refractivity contribution in [2.75, 3.05) is 0 Å². The Labute approximate surface area is 159 Å². The molecule has 0 radical (unpaired) electrons. The van der Waals surface area contributed by atoms with Crippen molar-refractivity contribution in [3.63, 3.8) is 0 Å². The van der Waals surface area contributed by atoms with Crippen LogP contribution < -0.4 is 10.9 Å². The molecule has 0 saturated carbocycles. The van der Waals surface area contributed by atoms with Gasteiger partial charge in [0.15, 0.2) is 0 Å². The molecule has 6 nitrogen and oxygen atoms in total. The van der Waals surface area contributed by atoms with E-state index in [-0.39, 0.29) is 29.2 Å². The first kappa shape index (κ1) is 17.8. The number of hydrogen-bond donors (Lipinski definition) is 2. The van der Waals surface area contributed by atoms with Gasteiger partial charge < -0.3 is 15.2 Å². The second kappa shape index (κ2) is 6.51. The SMILES string of the molecule is CC(C)(C)NC(=O)N1[C@@H]2CC[C@H]1Cc1nc(-c3ccccc3)[nH]c(=O)c1C2. The Morgan fingerprint density at radius 3 is 2.48 bits per heavy atom. The van der Waals surface area contributed by atoms with Gasteiger partial charge in [-0.05, 0) is 33.6 Å². The first-order valence-electron chi connectivity index (χ1n) is 9.60. The predicted octanol–water partition coefficient (Wildman–Crippen LogP) is 2.88. The van der Waals surface area contributed by atoms with Crippen molar-refractivity contribution >= 4 is 6.03 Å². The van der Waals surface area contributed by atoms with Crippen LogP contribution in [0.3, 0.4) is 0 Å². The van der Waals surface area contributed by atoms with E-state index in [4.69, 9.17) is 4.98 Å². The molecule has 3 heterocycles. The van der Waals surface area contributed by atoms with Crippen molar-refractivity contribution in [1.82, 2.24) is 20.2 Å². The molecule has 2 aliphatic heterocycles. The fourth-order valence-corrected chi connectivity index (χ4v) is 4.19. The third-order valence-corrected chi connectivity index (χ3v) is 5.35. The van der Waals surface area contributed by atoms with E-state index >= 15 is 0 Å². The summed E-state index contributed by atoms with van der Waals surface area (Å²) in [6, 6.07) is 9.80. The summed E-state index contributed by atoms with van der Waals surface area (Å²) in [5.41, 5.74) is 2.09. The van der Waals surface area contributed by atoms with Gasteiger partial charge in [-0.2, -0.15) is 0 Å². The van der Waals surface area contributed by atoms with E-state index in [1.165, 1.54) is 0 Å². The summed E-state index contributed by atoms with van der Waals surface area (Å²) in [5.74, 6) is 0.600. The number of aromatic amines is 1. The van der Waals surface area contributed by atoms with E-state index in [0.29, 0.717) is 18.7 Å². The quantitative estimate of drug-likeness (QED) is 0.815. The molecule has 1 fully saturated rings. The average molecular weight is 366 g/mol. The van der Waals surface area contributed by atoms with Crippen LogP contribution in [0.15, 0.2) is 35.1 Å². The minimum atomic E-state index is -0.286. The number of nitrogens with zero attached hydrogens (tertiary/aromatic N) is 2. The number of fused-ring (bicyclic) bond motifs is 3. The van der Waals surface area contributed by atoms with Crippen LogP contribution in [0.25, 0.3) is 11.4 Å². The summed E-state index contributed by atoms with van der Waals surface area (Å²) in [7, 11) is 0. The molecule has 2 atom stereocenters. The highest BCUT2D eigenvalue weighted by Gasteiger charge is 2.41. The number of H-pyrrole nitrogens is 1. The summed E-state index contributed by atoms with van der Waals surface area (Å²) >= 11 is 0. The van der Waals surface area contributed by atoms with E-state index in [1.807, 2.05) is 56.0 Å². The number of amides is 2. The normalized spacial score (nSPS) is 21.5. The lowest BCUT2D eigenvalue weighted by atomic mass is 9.98. The summed E-state index contributed by atoms with van der Waals surface area (Å²) in [4.78, 5) is 35.3. The smallest absolute Gasteiger partial charge is 0.318 e. The van der Waals surface area contributed by atoms with Gasteiger partial charge in [0.1, 0.15) is 5.82 Å². The van der Waals surface area contributed by atoms with Gasteiger partial charge in [-0.1, -0.05) is 30.3 Å². The lowest BCUT2D eigenvalue weighted by Gasteiger charge is -2.32. The second-order valence-corrected chi connectivity index (χ2v) is 8.59. The van der Waals surface area contributed by atoms with Crippen molar-refractivity contribution < 1.29 is 4.79 Å². The number of carbonyl (C=O) groups excluding carboxylic acids is 1. The number of benzene rings is 1. The highest BCUT2D eigenvalue weighted by molar-refractivity contribution is 5.76. The molecule has 142 valence electrons. The Kier molecular flexibility index (Phi) is 4.29. The molecule has 27 heavy (non-hydrogen) atoms. The summed E-state index contributed by atoms with van der Waals surface area (Å²) in [5, 5.41) is 3.08. The van der Waals surface area contributed by atoms with Crippen LogP contribution >= 0.6 is 0 Å². The molecule has 0 aliphatic carbocycles. The Morgan fingerprint density at radius 1 is 1.15 bits per heavy atom. The lowest BCUT2D eigenvalue weighted by Crippen LogP contribution is -2.52. The van der Waals surface area contributed by atoms with E-state index in [0.717, 1.165) is 29.7 Å². The number of aromatic nitrogens is 2. The number of carbonyl (C=O) groups is 1. The minimum Gasteiger partial charge on any atom is -0.333 e. The third kappa shape index (κ3) is 3.48.